The van der Waals surface area contributed by atoms with Gasteiger partial charge < -0.3 is 4.90 Å². The van der Waals surface area contributed by atoms with Gasteiger partial charge in [-0.2, -0.15) is 5.10 Å². The molecule has 0 aliphatic carbocycles. The molecule has 0 aliphatic rings. The van der Waals surface area contributed by atoms with E-state index in [1.165, 1.54) is 25.2 Å². The largest absolute Gasteiger partial charge is 0.334 e. The van der Waals surface area contributed by atoms with Crippen LogP contribution < -0.4 is 0 Å². The van der Waals surface area contributed by atoms with Crippen LogP contribution in [0, 0.1) is 19.7 Å². The molecule has 2 aromatic carbocycles. The molecule has 0 N–H and O–H groups in total. The number of amides is 1. The van der Waals surface area contributed by atoms with Crippen molar-refractivity contribution in [3.8, 4) is 5.69 Å². The summed E-state index contributed by atoms with van der Waals surface area (Å²) in [5.74, 6) is -1.96. The molecular formula is C21H19ClFN3O2. The number of Topliss-reactive ketones (excluding diaryl/α,β-unsaturated/α-hetero) is 1. The minimum atomic E-state index is -0.752. The van der Waals surface area contributed by atoms with E-state index in [4.69, 9.17) is 11.6 Å². The topological polar surface area (TPSA) is 55.2 Å². The fourth-order valence-electron chi connectivity index (χ4n) is 3.06. The number of para-hydroxylation sites is 1. The molecule has 3 rings (SSSR count). The van der Waals surface area contributed by atoms with Crippen molar-refractivity contribution in [2.45, 2.75) is 20.4 Å². The van der Waals surface area contributed by atoms with E-state index in [1.54, 1.807) is 18.5 Å². The molecule has 0 spiro atoms. The lowest BCUT2D eigenvalue weighted by atomic mass is 10.1. The van der Waals surface area contributed by atoms with Crippen LogP contribution in [0.5, 0.6) is 0 Å². The molecule has 0 radical (unpaired) electrons. The predicted molar refractivity (Wildman–Crippen MR) is 105 cm³/mol. The minimum Gasteiger partial charge on any atom is -0.334 e. The summed E-state index contributed by atoms with van der Waals surface area (Å²) in [5, 5.41) is 4.60. The van der Waals surface area contributed by atoms with Gasteiger partial charge in [0.2, 0.25) is 0 Å². The van der Waals surface area contributed by atoms with E-state index >= 15 is 0 Å². The summed E-state index contributed by atoms with van der Waals surface area (Å²) >= 11 is 6.02. The van der Waals surface area contributed by atoms with E-state index < -0.39 is 17.5 Å². The molecule has 0 aliphatic heterocycles. The van der Waals surface area contributed by atoms with Gasteiger partial charge in [-0.05, 0) is 38.1 Å². The molecule has 144 valence electrons. The Hall–Kier alpha value is -2.99. The Morgan fingerprint density at radius 3 is 2.43 bits per heavy atom. The molecule has 7 heteroatoms. The van der Waals surface area contributed by atoms with Crippen LogP contribution in [0.3, 0.4) is 0 Å². The second-order valence-electron chi connectivity index (χ2n) is 6.48. The highest BCUT2D eigenvalue weighted by molar-refractivity contribution is 6.43. The Kier molecular flexibility index (Phi) is 5.61. The van der Waals surface area contributed by atoms with E-state index in [0.717, 1.165) is 10.6 Å². The van der Waals surface area contributed by atoms with Gasteiger partial charge in [0, 0.05) is 17.6 Å². The van der Waals surface area contributed by atoms with E-state index in [1.807, 2.05) is 30.3 Å². The monoisotopic (exact) mass is 399 g/mol. The zero-order chi connectivity index (χ0) is 20.4. The van der Waals surface area contributed by atoms with Gasteiger partial charge in [-0.25, -0.2) is 9.07 Å². The van der Waals surface area contributed by atoms with Gasteiger partial charge in [-0.3, -0.25) is 9.59 Å². The molecular weight excluding hydrogens is 381 g/mol. The average molecular weight is 400 g/mol. The van der Waals surface area contributed by atoms with E-state index in [9.17, 15) is 14.0 Å². The highest BCUT2D eigenvalue weighted by Gasteiger charge is 2.28. The second-order valence-corrected chi connectivity index (χ2v) is 6.89. The SMILES string of the molecule is Cc1nn(-c2ccccc2)c(C)c1C(=O)C(=O)N(C)Cc1c(F)cccc1Cl. The Bertz CT molecular complexity index is 1030. The highest BCUT2D eigenvalue weighted by Crippen LogP contribution is 2.22. The zero-order valence-corrected chi connectivity index (χ0v) is 16.5. The van der Waals surface area contributed by atoms with Gasteiger partial charge in [-0.15, -0.1) is 0 Å². The number of halogens is 2. The minimum absolute atomic E-state index is 0.110. The number of hydrogen-bond donors (Lipinski definition) is 0. The number of carbonyl (C=O) groups is 2. The summed E-state index contributed by atoms with van der Waals surface area (Å²) < 4.78 is 15.6. The van der Waals surface area contributed by atoms with Crippen molar-refractivity contribution in [2.75, 3.05) is 7.05 Å². The molecule has 1 aromatic heterocycles. The number of hydrogen-bond acceptors (Lipinski definition) is 3. The van der Waals surface area contributed by atoms with Crippen molar-refractivity contribution < 1.29 is 14.0 Å². The van der Waals surface area contributed by atoms with Crippen LogP contribution in [-0.4, -0.2) is 33.4 Å². The number of nitrogens with zero attached hydrogens (tertiary/aromatic N) is 3. The lowest BCUT2D eigenvalue weighted by Crippen LogP contribution is -2.33. The first-order chi connectivity index (χ1) is 13.3. The van der Waals surface area contributed by atoms with E-state index in [2.05, 4.69) is 5.10 Å². The van der Waals surface area contributed by atoms with Crippen molar-refractivity contribution in [1.29, 1.82) is 0 Å². The van der Waals surface area contributed by atoms with Crippen LogP contribution in [0.1, 0.15) is 27.3 Å². The third kappa shape index (κ3) is 3.68. The van der Waals surface area contributed by atoms with Crippen molar-refractivity contribution in [2.24, 2.45) is 0 Å². The van der Waals surface area contributed by atoms with Crippen molar-refractivity contribution in [1.82, 2.24) is 14.7 Å². The zero-order valence-electron chi connectivity index (χ0n) is 15.7. The molecule has 0 unspecified atom stereocenters. The predicted octanol–water partition coefficient (Wildman–Crippen LogP) is 4.12. The Morgan fingerprint density at radius 1 is 1.11 bits per heavy atom. The van der Waals surface area contributed by atoms with Crippen LogP contribution in [0.4, 0.5) is 4.39 Å². The van der Waals surface area contributed by atoms with E-state index in [0.29, 0.717) is 11.4 Å². The normalized spacial score (nSPS) is 10.8. The Labute approximate surface area is 167 Å². The number of ketones is 1. The number of aromatic nitrogens is 2. The smallest absolute Gasteiger partial charge is 0.295 e. The maximum Gasteiger partial charge on any atom is 0.295 e. The summed E-state index contributed by atoms with van der Waals surface area (Å²) in [6.45, 7) is 3.31. The fraction of sp³-hybridized carbons (Fsp3) is 0.190. The molecule has 28 heavy (non-hydrogen) atoms. The summed E-state index contributed by atoms with van der Waals surface area (Å²) in [7, 11) is 1.44. The first-order valence-electron chi connectivity index (χ1n) is 8.65. The molecule has 1 heterocycles. The first kappa shape index (κ1) is 19.8. The average Bonchev–Trinajstić information content (AvgIpc) is 2.98. The third-order valence-electron chi connectivity index (χ3n) is 4.52. The lowest BCUT2D eigenvalue weighted by molar-refractivity contribution is -0.125. The summed E-state index contributed by atoms with van der Waals surface area (Å²) in [4.78, 5) is 26.7. The van der Waals surface area contributed by atoms with Crippen LogP contribution in [0.25, 0.3) is 5.69 Å². The van der Waals surface area contributed by atoms with E-state index in [-0.39, 0.29) is 22.7 Å². The number of carbonyl (C=O) groups excluding carboxylic acids is 2. The maximum absolute atomic E-state index is 14.0. The van der Waals surface area contributed by atoms with Crippen LogP contribution in [0.15, 0.2) is 48.5 Å². The number of rotatable bonds is 5. The third-order valence-corrected chi connectivity index (χ3v) is 4.87. The number of likely N-dealkylation sites (N-methyl/N-ethyl adjacent to an activating group) is 1. The van der Waals surface area contributed by atoms with Crippen LogP contribution in [0.2, 0.25) is 5.02 Å². The van der Waals surface area contributed by atoms with Gasteiger partial charge in [-0.1, -0.05) is 35.9 Å². The molecule has 1 amide bonds. The van der Waals surface area contributed by atoms with Crippen molar-refractivity contribution in [3.05, 3.63) is 81.9 Å². The summed E-state index contributed by atoms with van der Waals surface area (Å²) in [6.07, 6.45) is 0. The summed E-state index contributed by atoms with van der Waals surface area (Å²) in [5.41, 5.74) is 2.24. The summed E-state index contributed by atoms with van der Waals surface area (Å²) in [6, 6.07) is 13.6. The first-order valence-corrected chi connectivity index (χ1v) is 9.03. The molecule has 5 nitrogen and oxygen atoms in total. The van der Waals surface area contributed by atoms with Gasteiger partial charge in [0.1, 0.15) is 5.82 Å². The Morgan fingerprint density at radius 2 is 1.79 bits per heavy atom. The molecule has 0 saturated carbocycles. The molecule has 3 aromatic rings. The Balaban J connectivity index is 1.88. The van der Waals surface area contributed by atoms with Crippen molar-refractivity contribution >= 4 is 23.3 Å². The standard InChI is InChI=1S/C21H19ClFN3O2/c1-13-19(14(2)26(24-13)15-8-5-4-6-9-15)20(27)21(28)25(3)12-16-17(22)10-7-11-18(16)23/h4-11H,12H2,1-3H3. The molecule has 0 atom stereocenters. The van der Waals surface area contributed by atoms with Crippen molar-refractivity contribution in [3.63, 3.8) is 0 Å². The second kappa shape index (κ2) is 7.94. The number of benzene rings is 2. The van der Waals surface area contributed by atoms with Crippen LogP contribution in [-0.2, 0) is 11.3 Å². The quantitative estimate of drug-likeness (QED) is 0.479. The molecule has 0 fully saturated rings. The highest BCUT2D eigenvalue weighted by atomic mass is 35.5. The molecule has 0 saturated heterocycles. The van der Waals surface area contributed by atoms with Gasteiger partial charge in [0.15, 0.2) is 0 Å². The molecule has 0 bridgehead atoms. The number of aryl methyl sites for hydroxylation is 1. The van der Waals surface area contributed by atoms with Gasteiger partial charge in [0.25, 0.3) is 11.7 Å². The maximum atomic E-state index is 14.0. The van der Waals surface area contributed by atoms with Gasteiger partial charge in [0.05, 0.1) is 29.2 Å². The van der Waals surface area contributed by atoms with Crippen LogP contribution >= 0.6 is 11.6 Å². The van der Waals surface area contributed by atoms with Gasteiger partial charge >= 0.3 is 0 Å². The fourth-order valence-corrected chi connectivity index (χ4v) is 3.29. The lowest BCUT2D eigenvalue weighted by Gasteiger charge is -2.17.